The molecule has 0 aromatic heterocycles. The molecule has 6 heteroatoms. The van der Waals surface area contributed by atoms with E-state index in [0.29, 0.717) is 6.61 Å². The van der Waals surface area contributed by atoms with Crippen molar-refractivity contribution in [3.63, 3.8) is 0 Å². The molecule has 0 aromatic rings. The molecule has 0 bridgehead atoms. The highest BCUT2D eigenvalue weighted by molar-refractivity contribution is 8.56. The lowest BCUT2D eigenvalue weighted by molar-refractivity contribution is 0.343. The predicted molar refractivity (Wildman–Crippen MR) is 58.8 cm³/mol. The van der Waals surface area contributed by atoms with Gasteiger partial charge in [-0.1, -0.05) is 26.1 Å². The third-order valence-electron chi connectivity index (χ3n) is 0.859. The normalized spacial score (nSPS) is 15.7. The van der Waals surface area contributed by atoms with Crippen molar-refractivity contribution in [1.29, 1.82) is 0 Å². The molecule has 12 heavy (non-hydrogen) atoms. The molecule has 0 aliphatic heterocycles. The summed E-state index contributed by atoms with van der Waals surface area (Å²) in [7, 11) is 0. The molecular weight excluding hydrogens is 213 g/mol. The highest BCUT2D eigenvalue weighted by atomic mass is 32.7. The number of hydrogen-bond donors (Lipinski definition) is 1. The van der Waals surface area contributed by atoms with Gasteiger partial charge in [0, 0.05) is 5.25 Å². The number of thiocarbonyl (C=S) groups is 1. The van der Waals surface area contributed by atoms with E-state index in [-0.39, 0.29) is 5.25 Å². The van der Waals surface area contributed by atoms with Gasteiger partial charge in [-0.05, 0) is 18.3 Å². The van der Waals surface area contributed by atoms with Crippen LogP contribution < -0.4 is 5.09 Å². The fourth-order valence-electron chi connectivity index (χ4n) is 0.610. The molecule has 0 rings (SSSR count). The molecule has 0 spiro atoms. The standard InChI is InChI=1S/C6H14NO2PS2/c1-4-9-10(8,7-5-11)12-6(2)3/h5-6H,4H2,1-3H3,(H,7,8,11). The van der Waals surface area contributed by atoms with E-state index in [1.165, 1.54) is 16.9 Å². The van der Waals surface area contributed by atoms with E-state index in [4.69, 9.17) is 4.52 Å². The highest BCUT2D eigenvalue weighted by Gasteiger charge is 2.23. The average Bonchev–Trinajstić information content (AvgIpc) is 1.85. The summed E-state index contributed by atoms with van der Waals surface area (Å²) in [4.78, 5) is 0. The molecule has 0 saturated heterocycles. The van der Waals surface area contributed by atoms with Crippen LogP contribution in [0.4, 0.5) is 0 Å². The lowest BCUT2D eigenvalue weighted by Gasteiger charge is -2.17. The van der Waals surface area contributed by atoms with E-state index < -0.39 is 6.72 Å². The summed E-state index contributed by atoms with van der Waals surface area (Å²) in [6.07, 6.45) is 0. The molecule has 0 aromatic carbocycles. The van der Waals surface area contributed by atoms with Gasteiger partial charge in [0.1, 0.15) is 0 Å². The van der Waals surface area contributed by atoms with Crippen molar-refractivity contribution < 1.29 is 9.09 Å². The van der Waals surface area contributed by atoms with E-state index >= 15 is 0 Å². The molecule has 1 atom stereocenters. The molecule has 0 amide bonds. The first kappa shape index (κ1) is 12.4. The monoisotopic (exact) mass is 227 g/mol. The summed E-state index contributed by atoms with van der Waals surface area (Å²) in [6.45, 7) is 3.38. The van der Waals surface area contributed by atoms with Crippen molar-refractivity contribution in [2.24, 2.45) is 0 Å². The van der Waals surface area contributed by atoms with Crippen LogP contribution in [-0.2, 0) is 9.09 Å². The van der Waals surface area contributed by atoms with Gasteiger partial charge in [0.15, 0.2) is 0 Å². The van der Waals surface area contributed by atoms with Crippen LogP contribution in [0.25, 0.3) is 0 Å². The highest BCUT2D eigenvalue weighted by Crippen LogP contribution is 2.57. The van der Waals surface area contributed by atoms with Crippen molar-refractivity contribution in [3.8, 4) is 0 Å². The smallest absolute Gasteiger partial charge is 0.306 e. The van der Waals surface area contributed by atoms with Crippen LogP contribution in [0, 0.1) is 0 Å². The fraction of sp³-hybridized carbons (Fsp3) is 0.833. The Morgan fingerprint density at radius 1 is 1.75 bits per heavy atom. The number of rotatable bonds is 6. The van der Waals surface area contributed by atoms with Crippen LogP contribution in [0.2, 0.25) is 0 Å². The molecular formula is C6H14NO2PS2. The minimum absolute atomic E-state index is 0.254. The van der Waals surface area contributed by atoms with Crippen LogP contribution in [-0.4, -0.2) is 17.3 Å². The van der Waals surface area contributed by atoms with Gasteiger partial charge in [-0.15, -0.1) is 0 Å². The van der Waals surface area contributed by atoms with E-state index in [0.717, 1.165) is 0 Å². The zero-order chi connectivity index (χ0) is 9.61. The van der Waals surface area contributed by atoms with Gasteiger partial charge < -0.3 is 9.61 Å². The van der Waals surface area contributed by atoms with Crippen LogP contribution in [0.1, 0.15) is 20.8 Å². The van der Waals surface area contributed by atoms with E-state index in [1.807, 2.05) is 13.8 Å². The molecule has 3 nitrogen and oxygen atoms in total. The Hall–Kier alpha value is 0.430. The third kappa shape index (κ3) is 5.14. The molecule has 0 aliphatic rings. The minimum Gasteiger partial charge on any atom is -0.306 e. The van der Waals surface area contributed by atoms with Crippen LogP contribution in [0.5, 0.6) is 0 Å². The summed E-state index contributed by atoms with van der Waals surface area (Å²) >= 11 is 5.84. The molecule has 0 aliphatic carbocycles. The topological polar surface area (TPSA) is 38.3 Å². The Labute approximate surface area is 82.9 Å². The minimum atomic E-state index is -2.77. The van der Waals surface area contributed by atoms with Crippen molar-refractivity contribution in [2.75, 3.05) is 6.61 Å². The van der Waals surface area contributed by atoms with Gasteiger partial charge in [-0.25, -0.2) is 0 Å². The molecule has 72 valence electrons. The van der Waals surface area contributed by atoms with Gasteiger partial charge >= 0.3 is 6.72 Å². The molecule has 1 unspecified atom stereocenters. The number of nitrogens with one attached hydrogen (secondary N) is 1. The molecule has 0 heterocycles. The van der Waals surface area contributed by atoms with Gasteiger partial charge in [-0.3, -0.25) is 4.57 Å². The first-order chi connectivity index (χ1) is 5.54. The second-order valence-corrected chi connectivity index (χ2v) is 7.29. The Balaban J connectivity index is 4.17. The van der Waals surface area contributed by atoms with Gasteiger partial charge in [0.2, 0.25) is 0 Å². The maximum Gasteiger partial charge on any atom is 0.351 e. The first-order valence-corrected chi connectivity index (χ1v) is 7.26. The van der Waals surface area contributed by atoms with E-state index in [9.17, 15) is 4.57 Å². The Morgan fingerprint density at radius 2 is 2.33 bits per heavy atom. The fourth-order valence-corrected chi connectivity index (χ4v) is 4.95. The quantitative estimate of drug-likeness (QED) is 0.558. The maximum atomic E-state index is 11.8. The SMILES string of the molecule is CCOP(=O)(NC=S)SC(C)C. The second-order valence-electron chi connectivity index (χ2n) is 2.32. The molecule has 0 radical (unpaired) electrons. The van der Waals surface area contributed by atoms with Crippen LogP contribution in [0.3, 0.4) is 0 Å². The molecule has 1 N–H and O–H groups in total. The van der Waals surface area contributed by atoms with Crippen molar-refractivity contribution in [2.45, 2.75) is 26.0 Å². The van der Waals surface area contributed by atoms with E-state index in [2.05, 4.69) is 17.3 Å². The van der Waals surface area contributed by atoms with Crippen molar-refractivity contribution in [1.82, 2.24) is 5.09 Å². The van der Waals surface area contributed by atoms with Gasteiger partial charge in [-0.2, -0.15) is 0 Å². The Kier molecular flexibility index (Phi) is 6.19. The van der Waals surface area contributed by atoms with Gasteiger partial charge in [0.05, 0.1) is 12.1 Å². The van der Waals surface area contributed by atoms with Crippen molar-refractivity contribution in [3.05, 3.63) is 0 Å². The number of hydrogen-bond acceptors (Lipinski definition) is 4. The molecule has 0 saturated carbocycles. The second kappa shape index (κ2) is 5.97. The largest absolute Gasteiger partial charge is 0.351 e. The predicted octanol–water partition coefficient (Wildman–Crippen LogP) is 2.82. The summed E-state index contributed by atoms with van der Waals surface area (Å²) in [5.74, 6) is 0. The lowest BCUT2D eigenvalue weighted by Crippen LogP contribution is -2.08. The van der Waals surface area contributed by atoms with Crippen LogP contribution >= 0.6 is 30.3 Å². The van der Waals surface area contributed by atoms with Gasteiger partial charge in [0.25, 0.3) is 0 Å². The Bertz CT molecular complexity index is 186. The van der Waals surface area contributed by atoms with Crippen molar-refractivity contribution >= 4 is 35.8 Å². The zero-order valence-corrected chi connectivity index (χ0v) is 9.97. The average molecular weight is 227 g/mol. The van der Waals surface area contributed by atoms with E-state index in [1.54, 1.807) is 6.92 Å². The zero-order valence-electron chi connectivity index (χ0n) is 7.44. The summed E-state index contributed by atoms with van der Waals surface area (Å²) in [5.41, 5.74) is 1.24. The lowest BCUT2D eigenvalue weighted by atomic mass is 10.6. The maximum absolute atomic E-state index is 11.8. The summed E-state index contributed by atoms with van der Waals surface area (Å²) in [5, 5.41) is 2.83. The molecule has 0 fully saturated rings. The third-order valence-corrected chi connectivity index (χ3v) is 5.62. The summed E-state index contributed by atoms with van der Waals surface area (Å²) < 4.78 is 16.8. The summed E-state index contributed by atoms with van der Waals surface area (Å²) in [6, 6.07) is 0. The Morgan fingerprint density at radius 3 is 2.67 bits per heavy atom. The first-order valence-electron chi connectivity index (χ1n) is 3.68. The van der Waals surface area contributed by atoms with Crippen LogP contribution in [0.15, 0.2) is 0 Å².